The third-order valence-electron chi connectivity index (χ3n) is 4.77. The fraction of sp³-hybridized carbons (Fsp3) is 0.0952. The van der Waals surface area contributed by atoms with Gasteiger partial charge in [0.2, 0.25) is 10.0 Å². The molecule has 0 unspecified atom stereocenters. The predicted octanol–water partition coefficient (Wildman–Crippen LogP) is 2.40. The normalized spacial score (nSPS) is 11.5. The molecule has 1 amide bonds. The first-order chi connectivity index (χ1) is 14.9. The van der Waals surface area contributed by atoms with Gasteiger partial charge in [0.25, 0.3) is 5.91 Å². The maximum Gasteiger partial charge on any atom is 0.253 e. The maximum absolute atomic E-state index is 13.2. The zero-order chi connectivity index (χ0) is 22.0. The molecule has 4 aromatic rings. The lowest BCUT2D eigenvalue weighted by Crippen LogP contribution is -2.23. The Bertz CT molecular complexity index is 1350. The lowest BCUT2D eigenvalue weighted by molar-refractivity contribution is 0.0952. The highest BCUT2D eigenvalue weighted by atomic mass is 32.2. The van der Waals surface area contributed by atoms with E-state index in [4.69, 9.17) is 0 Å². The van der Waals surface area contributed by atoms with Crippen molar-refractivity contribution in [3.63, 3.8) is 0 Å². The Hall–Kier alpha value is -3.63. The van der Waals surface area contributed by atoms with E-state index in [9.17, 15) is 17.6 Å². The molecule has 158 valence electrons. The SMILES string of the molecule is CNS(=O)(=O)c1ccc(CNC(=O)c2cncc3c2cnn3-c2ccc(F)cc2)cc1. The largest absolute Gasteiger partial charge is 0.348 e. The minimum Gasteiger partial charge on any atom is -0.348 e. The third-order valence-corrected chi connectivity index (χ3v) is 6.20. The third kappa shape index (κ3) is 4.16. The number of nitrogens with zero attached hydrogens (tertiary/aromatic N) is 3. The molecule has 0 bridgehead atoms. The summed E-state index contributed by atoms with van der Waals surface area (Å²) in [7, 11) is -2.17. The van der Waals surface area contributed by atoms with Gasteiger partial charge in [0.1, 0.15) is 5.82 Å². The van der Waals surface area contributed by atoms with E-state index < -0.39 is 10.0 Å². The second-order valence-electron chi connectivity index (χ2n) is 6.69. The Kier molecular flexibility index (Phi) is 5.49. The summed E-state index contributed by atoms with van der Waals surface area (Å²) in [5.41, 5.74) is 2.35. The molecule has 0 fully saturated rings. The minimum atomic E-state index is -3.51. The van der Waals surface area contributed by atoms with E-state index in [-0.39, 0.29) is 23.2 Å². The van der Waals surface area contributed by atoms with Crippen molar-refractivity contribution in [2.45, 2.75) is 11.4 Å². The van der Waals surface area contributed by atoms with Crippen LogP contribution in [0.2, 0.25) is 0 Å². The number of carbonyl (C=O) groups excluding carboxylic acids is 1. The molecule has 31 heavy (non-hydrogen) atoms. The van der Waals surface area contributed by atoms with Crippen LogP contribution in [-0.4, -0.2) is 36.1 Å². The lowest BCUT2D eigenvalue weighted by Gasteiger charge is -2.08. The van der Waals surface area contributed by atoms with Gasteiger partial charge in [0.05, 0.1) is 34.1 Å². The second-order valence-corrected chi connectivity index (χ2v) is 8.57. The van der Waals surface area contributed by atoms with Gasteiger partial charge in [-0.2, -0.15) is 5.10 Å². The predicted molar refractivity (Wildman–Crippen MR) is 113 cm³/mol. The van der Waals surface area contributed by atoms with Crippen molar-refractivity contribution in [3.05, 3.63) is 84.1 Å². The number of hydrogen-bond acceptors (Lipinski definition) is 5. The van der Waals surface area contributed by atoms with Crippen LogP contribution in [0.25, 0.3) is 16.6 Å². The van der Waals surface area contributed by atoms with Gasteiger partial charge in [-0.3, -0.25) is 9.78 Å². The number of sulfonamides is 1. The number of amides is 1. The highest BCUT2D eigenvalue weighted by molar-refractivity contribution is 7.89. The van der Waals surface area contributed by atoms with Gasteiger partial charge in [-0.05, 0) is 49.0 Å². The fourth-order valence-electron chi connectivity index (χ4n) is 3.09. The van der Waals surface area contributed by atoms with Gasteiger partial charge in [-0.15, -0.1) is 0 Å². The summed E-state index contributed by atoms with van der Waals surface area (Å²) in [5, 5.41) is 7.72. The van der Waals surface area contributed by atoms with Crippen molar-refractivity contribution in [1.29, 1.82) is 0 Å². The number of halogens is 1. The number of nitrogens with one attached hydrogen (secondary N) is 2. The average Bonchev–Trinajstić information content (AvgIpc) is 3.22. The summed E-state index contributed by atoms with van der Waals surface area (Å²) >= 11 is 0. The first-order valence-corrected chi connectivity index (χ1v) is 10.8. The number of hydrogen-bond donors (Lipinski definition) is 2. The molecule has 0 aliphatic heterocycles. The van der Waals surface area contributed by atoms with Gasteiger partial charge >= 0.3 is 0 Å². The smallest absolute Gasteiger partial charge is 0.253 e. The Morgan fingerprint density at radius 3 is 2.42 bits per heavy atom. The standard InChI is InChI=1S/C21H18FN5O3S/c1-23-31(29,30)17-8-2-14(3-9-17)10-25-21(28)19-11-24-13-20-18(19)12-26-27(20)16-6-4-15(22)5-7-16/h2-9,11-13,23H,10H2,1H3,(H,25,28). The lowest BCUT2D eigenvalue weighted by atomic mass is 10.1. The molecule has 0 spiro atoms. The van der Waals surface area contributed by atoms with Crippen molar-refractivity contribution in [2.75, 3.05) is 7.05 Å². The molecule has 0 saturated carbocycles. The molecule has 0 saturated heterocycles. The molecular weight excluding hydrogens is 421 g/mol. The quantitative estimate of drug-likeness (QED) is 0.480. The van der Waals surface area contributed by atoms with Crippen LogP contribution in [0.15, 0.2) is 72.0 Å². The van der Waals surface area contributed by atoms with Gasteiger partial charge in [-0.25, -0.2) is 22.2 Å². The van der Waals surface area contributed by atoms with Gasteiger partial charge in [0, 0.05) is 18.1 Å². The molecule has 2 aromatic heterocycles. The number of aromatic nitrogens is 3. The first-order valence-electron chi connectivity index (χ1n) is 9.27. The van der Waals surface area contributed by atoms with Crippen LogP contribution in [0.3, 0.4) is 0 Å². The van der Waals surface area contributed by atoms with Gasteiger partial charge in [0.15, 0.2) is 0 Å². The summed E-state index contributed by atoms with van der Waals surface area (Å²) in [6, 6.07) is 12.1. The maximum atomic E-state index is 13.2. The molecule has 4 rings (SSSR count). The van der Waals surface area contributed by atoms with Crippen LogP contribution in [0.5, 0.6) is 0 Å². The summed E-state index contributed by atoms with van der Waals surface area (Å²) in [5.74, 6) is -0.696. The van der Waals surface area contributed by atoms with Gasteiger partial charge in [-0.1, -0.05) is 12.1 Å². The van der Waals surface area contributed by atoms with Crippen LogP contribution >= 0.6 is 0 Å². The van der Waals surface area contributed by atoms with Crippen LogP contribution in [-0.2, 0) is 16.6 Å². The van der Waals surface area contributed by atoms with Crippen molar-refractivity contribution in [2.24, 2.45) is 0 Å². The monoisotopic (exact) mass is 439 g/mol. The fourth-order valence-corrected chi connectivity index (χ4v) is 3.82. The van der Waals surface area contributed by atoms with Crippen molar-refractivity contribution < 1.29 is 17.6 Å². The summed E-state index contributed by atoms with van der Waals surface area (Å²) < 4.78 is 40.6. The Balaban J connectivity index is 1.54. The molecule has 0 atom stereocenters. The van der Waals surface area contributed by atoms with Crippen molar-refractivity contribution in [1.82, 2.24) is 24.8 Å². The summed E-state index contributed by atoms with van der Waals surface area (Å²) in [6.07, 6.45) is 4.60. The van der Waals surface area contributed by atoms with Crippen LogP contribution in [0, 0.1) is 5.82 Å². The number of fused-ring (bicyclic) bond motifs is 1. The first kappa shape index (κ1) is 20.6. The van der Waals surface area contributed by atoms with E-state index in [0.717, 1.165) is 5.56 Å². The highest BCUT2D eigenvalue weighted by Gasteiger charge is 2.15. The molecule has 2 N–H and O–H groups in total. The van der Waals surface area contributed by atoms with E-state index >= 15 is 0 Å². The molecule has 2 aromatic carbocycles. The molecule has 0 aliphatic rings. The topological polar surface area (TPSA) is 106 Å². The van der Waals surface area contributed by atoms with Crippen LogP contribution < -0.4 is 10.0 Å². The van der Waals surface area contributed by atoms with Crippen molar-refractivity contribution in [3.8, 4) is 5.69 Å². The van der Waals surface area contributed by atoms with E-state index in [0.29, 0.717) is 22.2 Å². The molecule has 8 nitrogen and oxygen atoms in total. The second kappa shape index (κ2) is 8.25. The minimum absolute atomic E-state index is 0.146. The molecule has 2 heterocycles. The van der Waals surface area contributed by atoms with Gasteiger partial charge < -0.3 is 5.32 Å². The van der Waals surface area contributed by atoms with E-state index in [2.05, 4.69) is 20.1 Å². The summed E-state index contributed by atoms with van der Waals surface area (Å²) in [6.45, 7) is 0.210. The highest BCUT2D eigenvalue weighted by Crippen LogP contribution is 2.21. The van der Waals surface area contributed by atoms with Crippen molar-refractivity contribution >= 4 is 26.8 Å². The molecule has 0 radical (unpaired) electrons. The molecule has 0 aliphatic carbocycles. The molecular formula is C21H18FN5O3S. The van der Waals surface area contributed by atoms with Crippen LogP contribution in [0.1, 0.15) is 15.9 Å². The zero-order valence-corrected chi connectivity index (χ0v) is 17.2. The van der Waals surface area contributed by atoms with E-state index in [1.54, 1.807) is 41.3 Å². The Morgan fingerprint density at radius 2 is 1.74 bits per heavy atom. The zero-order valence-electron chi connectivity index (χ0n) is 16.4. The Morgan fingerprint density at radius 1 is 1.03 bits per heavy atom. The van der Waals surface area contributed by atoms with E-state index in [1.165, 1.54) is 37.5 Å². The number of rotatable bonds is 6. The number of pyridine rings is 1. The average molecular weight is 439 g/mol. The number of carbonyl (C=O) groups is 1. The van der Waals surface area contributed by atoms with E-state index in [1.807, 2.05) is 0 Å². The number of benzene rings is 2. The Labute approximate surface area is 177 Å². The van der Waals surface area contributed by atoms with Crippen LogP contribution in [0.4, 0.5) is 4.39 Å². The molecule has 10 heteroatoms. The summed E-state index contributed by atoms with van der Waals surface area (Å²) in [4.78, 5) is 17.0.